The predicted molar refractivity (Wildman–Crippen MR) is 68.9 cm³/mol. The summed E-state index contributed by atoms with van der Waals surface area (Å²) in [5.41, 5.74) is 0. The topological polar surface area (TPSA) is 38.3 Å². The molecule has 98 valence electrons. The van der Waals surface area contributed by atoms with E-state index in [-0.39, 0.29) is 11.7 Å². The van der Waals surface area contributed by atoms with Gasteiger partial charge in [-0.3, -0.25) is 4.79 Å². The predicted octanol–water partition coefficient (Wildman–Crippen LogP) is 2.68. The lowest BCUT2D eigenvalue weighted by Crippen LogP contribution is -2.36. The summed E-state index contributed by atoms with van der Waals surface area (Å²) in [5.74, 6) is -0.0258. The first-order valence-electron chi connectivity index (χ1n) is 5.94. The van der Waals surface area contributed by atoms with Crippen molar-refractivity contribution in [2.24, 2.45) is 0 Å². The number of ether oxygens (including phenoxy) is 1. The van der Waals surface area contributed by atoms with Gasteiger partial charge in [-0.2, -0.15) is 0 Å². The molecule has 0 aromatic heterocycles. The van der Waals surface area contributed by atoms with Gasteiger partial charge in [-0.15, -0.1) is 0 Å². The summed E-state index contributed by atoms with van der Waals surface area (Å²) in [4.78, 5) is 11.6. The molecule has 1 N–H and O–H groups in total. The van der Waals surface area contributed by atoms with Crippen LogP contribution in [0.5, 0.6) is 5.75 Å². The minimum absolute atomic E-state index is 0.177. The van der Waals surface area contributed by atoms with E-state index in [1.165, 1.54) is 24.3 Å². The Kier molecular flexibility index (Phi) is 5.91. The molecule has 0 aliphatic rings. The molecular formula is C14H18FNO2. The molecular weight excluding hydrogens is 233 g/mol. The zero-order chi connectivity index (χ0) is 13.4. The summed E-state index contributed by atoms with van der Waals surface area (Å²) in [7, 11) is 0. The van der Waals surface area contributed by atoms with Crippen LogP contribution in [0.2, 0.25) is 0 Å². The van der Waals surface area contributed by atoms with Crippen LogP contribution in [0.15, 0.2) is 36.4 Å². The molecule has 0 saturated heterocycles. The number of carbonyl (C=O) groups is 1. The molecule has 0 spiro atoms. The van der Waals surface area contributed by atoms with Crippen LogP contribution < -0.4 is 10.1 Å². The van der Waals surface area contributed by atoms with Gasteiger partial charge >= 0.3 is 0 Å². The first kappa shape index (κ1) is 14.2. The summed E-state index contributed by atoms with van der Waals surface area (Å²) >= 11 is 0. The van der Waals surface area contributed by atoms with Gasteiger partial charge in [0.15, 0.2) is 6.10 Å². The maximum absolute atomic E-state index is 12.7. The number of hydrogen-bond acceptors (Lipinski definition) is 2. The van der Waals surface area contributed by atoms with Crippen LogP contribution in [0, 0.1) is 5.82 Å². The SMILES string of the molecule is C/C=C/CCNC(=O)C(C)Oc1ccc(F)cc1. The maximum atomic E-state index is 12.7. The molecule has 18 heavy (non-hydrogen) atoms. The molecule has 1 aromatic carbocycles. The van der Waals surface area contributed by atoms with Gasteiger partial charge in [-0.05, 0) is 44.5 Å². The van der Waals surface area contributed by atoms with Crippen LogP contribution in [0.1, 0.15) is 20.3 Å². The lowest BCUT2D eigenvalue weighted by atomic mass is 10.3. The lowest BCUT2D eigenvalue weighted by molar-refractivity contribution is -0.127. The average molecular weight is 251 g/mol. The highest BCUT2D eigenvalue weighted by Gasteiger charge is 2.13. The summed E-state index contributed by atoms with van der Waals surface area (Å²) in [6, 6.07) is 5.59. The van der Waals surface area contributed by atoms with Gasteiger partial charge in [-0.1, -0.05) is 12.2 Å². The number of halogens is 1. The van der Waals surface area contributed by atoms with E-state index in [2.05, 4.69) is 5.32 Å². The standard InChI is InChI=1S/C14H18FNO2/c1-3-4-5-10-16-14(17)11(2)18-13-8-6-12(15)7-9-13/h3-4,6-9,11H,5,10H2,1-2H3,(H,16,17)/b4-3+. The van der Waals surface area contributed by atoms with Gasteiger partial charge in [-0.25, -0.2) is 4.39 Å². The molecule has 1 atom stereocenters. The molecule has 1 unspecified atom stereocenters. The van der Waals surface area contributed by atoms with Crippen LogP contribution >= 0.6 is 0 Å². The first-order chi connectivity index (χ1) is 8.63. The summed E-state index contributed by atoms with van der Waals surface area (Å²) < 4.78 is 18.1. The normalized spacial score (nSPS) is 12.4. The van der Waals surface area contributed by atoms with Gasteiger partial charge < -0.3 is 10.1 Å². The second kappa shape index (κ2) is 7.48. The van der Waals surface area contributed by atoms with Gasteiger partial charge in [0.05, 0.1) is 0 Å². The first-order valence-corrected chi connectivity index (χ1v) is 5.94. The number of amides is 1. The third kappa shape index (κ3) is 4.99. The molecule has 0 radical (unpaired) electrons. The fourth-order valence-corrected chi connectivity index (χ4v) is 1.36. The quantitative estimate of drug-likeness (QED) is 0.623. The molecule has 1 rings (SSSR count). The number of rotatable bonds is 6. The summed E-state index contributed by atoms with van der Waals surface area (Å²) in [5, 5.41) is 2.76. The molecule has 0 heterocycles. The zero-order valence-electron chi connectivity index (χ0n) is 10.7. The second-order valence-corrected chi connectivity index (χ2v) is 3.86. The molecule has 0 bridgehead atoms. The van der Waals surface area contributed by atoms with Crippen molar-refractivity contribution in [2.45, 2.75) is 26.4 Å². The molecule has 0 aliphatic carbocycles. The number of benzene rings is 1. The fraction of sp³-hybridized carbons (Fsp3) is 0.357. The van der Waals surface area contributed by atoms with Crippen LogP contribution in [0.3, 0.4) is 0 Å². The number of allylic oxidation sites excluding steroid dienone is 1. The minimum Gasteiger partial charge on any atom is -0.481 e. The highest BCUT2D eigenvalue weighted by atomic mass is 19.1. The van der Waals surface area contributed by atoms with Crippen molar-refractivity contribution in [3.05, 3.63) is 42.2 Å². The van der Waals surface area contributed by atoms with Crippen molar-refractivity contribution in [2.75, 3.05) is 6.54 Å². The van der Waals surface area contributed by atoms with Crippen molar-refractivity contribution in [1.82, 2.24) is 5.32 Å². The Morgan fingerprint density at radius 1 is 1.44 bits per heavy atom. The molecule has 1 aromatic rings. The van der Waals surface area contributed by atoms with E-state index in [1.54, 1.807) is 6.92 Å². The third-order valence-electron chi connectivity index (χ3n) is 2.34. The van der Waals surface area contributed by atoms with E-state index in [1.807, 2.05) is 19.1 Å². The van der Waals surface area contributed by atoms with Gasteiger partial charge in [0.1, 0.15) is 11.6 Å². The minimum atomic E-state index is -0.596. The van der Waals surface area contributed by atoms with E-state index in [0.717, 1.165) is 6.42 Å². The molecule has 0 aliphatic heterocycles. The highest BCUT2D eigenvalue weighted by molar-refractivity contribution is 5.80. The van der Waals surface area contributed by atoms with E-state index >= 15 is 0 Å². The van der Waals surface area contributed by atoms with Gasteiger partial charge in [0.2, 0.25) is 0 Å². The maximum Gasteiger partial charge on any atom is 0.260 e. The van der Waals surface area contributed by atoms with E-state index in [9.17, 15) is 9.18 Å². The Labute approximate surface area is 107 Å². The van der Waals surface area contributed by atoms with Crippen molar-refractivity contribution < 1.29 is 13.9 Å². The molecule has 4 heteroatoms. The fourth-order valence-electron chi connectivity index (χ4n) is 1.36. The van der Waals surface area contributed by atoms with Crippen molar-refractivity contribution in [3.63, 3.8) is 0 Å². The largest absolute Gasteiger partial charge is 0.481 e. The second-order valence-electron chi connectivity index (χ2n) is 3.86. The van der Waals surface area contributed by atoms with Crippen LogP contribution in [0.25, 0.3) is 0 Å². The van der Waals surface area contributed by atoms with Crippen LogP contribution in [-0.2, 0) is 4.79 Å². The van der Waals surface area contributed by atoms with E-state index in [0.29, 0.717) is 12.3 Å². The third-order valence-corrected chi connectivity index (χ3v) is 2.34. The number of nitrogens with one attached hydrogen (secondary N) is 1. The van der Waals surface area contributed by atoms with Crippen molar-refractivity contribution in [3.8, 4) is 5.75 Å². The molecule has 3 nitrogen and oxygen atoms in total. The van der Waals surface area contributed by atoms with Crippen molar-refractivity contribution >= 4 is 5.91 Å². The zero-order valence-corrected chi connectivity index (χ0v) is 10.7. The Bertz CT molecular complexity index is 401. The number of carbonyl (C=O) groups excluding carboxylic acids is 1. The highest BCUT2D eigenvalue weighted by Crippen LogP contribution is 2.12. The van der Waals surface area contributed by atoms with Crippen molar-refractivity contribution in [1.29, 1.82) is 0 Å². The monoisotopic (exact) mass is 251 g/mol. The Morgan fingerprint density at radius 3 is 2.72 bits per heavy atom. The van der Waals surface area contributed by atoms with Crippen LogP contribution in [-0.4, -0.2) is 18.6 Å². The summed E-state index contributed by atoms with van der Waals surface area (Å²) in [6.45, 7) is 4.18. The number of hydrogen-bond donors (Lipinski definition) is 1. The Balaban J connectivity index is 2.37. The smallest absolute Gasteiger partial charge is 0.260 e. The molecule has 1 amide bonds. The van der Waals surface area contributed by atoms with Gasteiger partial charge in [0.25, 0.3) is 5.91 Å². The van der Waals surface area contributed by atoms with E-state index < -0.39 is 6.10 Å². The Hall–Kier alpha value is -1.84. The van der Waals surface area contributed by atoms with E-state index in [4.69, 9.17) is 4.74 Å². The van der Waals surface area contributed by atoms with Crippen LogP contribution in [0.4, 0.5) is 4.39 Å². The summed E-state index contributed by atoms with van der Waals surface area (Å²) in [6.07, 6.45) is 4.11. The molecule has 0 fully saturated rings. The average Bonchev–Trinajstić information content (AvgIpc) is 2.37. The lowest BCUT2D eigenvalue weighted by Gasteiger charge is -2.14. The van der Waals surface area contributed by atoms with Gasteiger partial charge in [0, 0.05) is 6.54 Å². The Morgan fingerprint density at radius 2 is 2.11 bits per heavy atom. The molecule has 0 saturated carbocycles.